The number of amides is 1. The molecule has 0 unspecified atom stereocenters. The Balaban J connectivity index is 1.84. The van der Waals surface area contributed by atoms with E-state index in [-0.39, 0.29) is 5.56 Å². The van der Waals surface area contributed by atoms with Gasteiger partial charge in [-0.05, 0) is 31.2 Å². The highest BCUT2D eigenvalue weighted by Gasteiger charge is 2.15. The molecule has 1 aromatic carbocycles. The number of aryl methyl sites for hydroxylation is 1. The van der Waals surface area contributed by atoms with Crippen LogP contribution in [0.2, 0.25) is 0 Å². The highest BCUT2D eigenvalue weighted by atomic mass is 19.1. The number of fused-ring (bicyclic) bond motifs is 1. The van der Waals surface area contributed by atoms with Gasteiger partial charge in [0.25, 0.3) is 5.91 Å². The quantitative estimate of drug-likeness (QED) is 0.597. The van der Waals surface area contributed by atoms with E-state index in [2.05, 4.69) is 15.5 Å². The normalized spacial score (nSPS) is 11.3. The van der Waals surface area contributed by atoms with Crippen molar-refractivity contribution < 1.29 is 13.6 Å². The Labute approximate surface area is 130 Å². The van der Waals surface area contributed by atoms with Gasteiger partial charge in [-0.2, -0.15) is 5.10 Å². The number of benzene rings is 1. The van der Waals surface area contributed by atoms with E-state index in [1.807, 2.05) is 6.07 Å². The average molecular weight is 314 g/mol. The molecule has 1 N–H and O–H groups in total. The van der Waals surface area contributed by atoms with Gasteiger partial charge >= 0.3 is 0 Å². The fourth-order valence-electron chi connectivity index (χ4n) is 2.23. The van der Waals surface area contributed by atoms with Gasteiger partial charge in [0.2, 0.25) is 0 Å². The molecule has 2 heterocycles. The van der Waals surface area contributed by atoms with E-state index in [1.54, 1.807) is 29.7 Å². The van der Waals surface area contributed by atoms with Crippen LogP contribution in [0.3, 0.4) is 0 Å². The zero-order valence-electron chi connectivity index (χ0n) is 12.1. The number of imidazole rings is 1. The van der Waals surface area contributed by atoms with E-state index < -0.39 is 17.5 Å². The SMILES string of the molecule is Cc1nc2ccccn2c1C(=O)N/N=C/c1c(F)cccc1F. The molecule has 0 aliphatic rings. The average Bonchev–Trinajstić information content (AvgIpc) is 2.86. The molecule has 0 aliphatic heterocycles. The zero-order chi connectivity index (χ0) is 16.4. The van der Waals surface area contributed by atoms with Crippen molar-refractivity contribution in [1.82, 2.24) is 14.8 Å². The van der Waals surface area contributed by atoms with Crippen LogP contribution >= 0.6 is 0 Å². The van der Waals surface area contributed by atoms with Crippen LogP contribution in [0.1, 0.15) is 21.7 Å². The molecule has 0 saturated heterocycles. The first-order chi connectivity index (χ1) is 11.1. The minimum absolute atomic E-state index is 0.312. The number of pyridine rings is 1. The minimum Gasteiger partial charge on any atom is -0.295 e. The predicted molar refractivity (Wildman–Crippen MR) is 81.3 cm³/mol. The number of carbonyl (C=O) groups excluding carboxylic acids is 1. The Bertz CT molecular complexity index is 897. The van der Waals surface area contributed by atoms with Gasteiger partial charge in [0.05, 0.1) is 17.5 Å². The molecule has 3 rings (SSSR count). The Morgan fingerprint density at radius 1 is 1.22 bits per heavy atom. The number of hydrogen-bond acceptors (Lipinski definition) is 3. The fourth-order valence-corrected chi connectivity index (χ4v) is 2.23. The third kappa shape index (κ3) is 2.80. The van der Waals surface area contributed by atoms with Crippen LogP contribution in [0, 0.1) is 18.6 Å². The fraction of sp³-hybridized carbons (Fsp3) is 0.0625. The predicted octanol–water partition coefficient (Wildman–Crippen LogP) is 2.68. The van der Waals surface area contributed by atoms with Crippen molar-refractivity contribution in [3.63, 3.8) is 0 Å². The molecule has 23 heavy (non-hydrogen) atoms. The molecule has 0 spiro atoms. The topological polar surface area (TPSA) is 58.8 Å². The van der Waals surface area contributed by atoms with Crippen LogP contribution in [0.25, 0.3) is 5.65 Å². The molecule has 0 bridgehead atoms. The van der Waals surface area contributed by atoms with Gasteiger partial charge in [0.1, 0.15) is 23.0 Å². The molecule has 0 saturated carbocycles. The van der Waals surface area contributed by atoms with Gasteiger partial charge in [-0.3, -0.25) is 9.20 Å². The number of nitrogens with one attached hydrogen (secondary N) is 1. The van der Waals surface area contributed by atoms with Crippen molar-refractivity contribution in [3.8, 4) is 0 Å². The molecule has 0 atom stereocenters. The highest BCUT2D eigenvalue weighted by molar-refractivity contribution is 5.95. The van der Waals surface area contributed by atoms with Crippen molar-refractivity contribution in [2.24, 2.45) is 5.10 Å². The molecule has 3 aromatic rings. The summed E-state index contributed by atoms with van der Waals surface area (Å²) in [6.07, 6.45) is 2.63. The standard InChI is InChI=1S/C16H12F2N4O/c1-10-15(22-8-3-2-7-14(22)20-10)16(23)21-19-9-11-12(17)5-4-6-13(11)18/h2-9H,1H3,(H,21,23)/b19-9+. The lowest BCUT2D eigenvalue weighted by atomic mass is 10.2. The van der Waals surface area contributed by atoms with Gasteiger partial charge in [0.15, 0.2) is 0 Å². The van der Waals surface area contributed by atoms with E-state index in [0.29, 0.717) is 17.0 Å². The number of hydrazone groups is 1. The summed E-state index contributed by atoms with van der Waals surface area (Å²) in [4.78, 5) is 16.5. The number of aromatic nitrogens is 2. The molecular formula is C16H12F2N4O. The molecule has 0 radical (unpaired) electrons. The molecule has 116 valence electrons. The summed E-state index contributed by atoms with van der Waals surface area (Å²) in [5.74, 6) is -2.03. The summed E-state index contributed by atoms with van der Waals surface area (Å²) in [6.45, 7) is 1.70. The maximum atomic E-state index is 13.5. The van der Waals surface area contributed by atoms with Crippen LogP contribution in [-0.2, 0) is 0 Å². The minimum atomic E-state index is -0.756. The molecule has 0 aliphatic carbocycles. The first-order valence-corrected chi connectivity index (χ1v) is 6.79. The third-order valence-corrected chi connectivity index (χ3v) is 3.28. The lowest BCUT2D eigenvalue weighted by Gasteiger charge is -2.02. The van der Waals surface area contributed by atoms with Crippen LogP contribution in [0.15, 0.2) is 47.7 Å². The second-order valence-electron chi connectivity index (χ2n) is 4.81. The number of nitrogens with zero attached hydrogens (tertiary/aromatic N) is 3. The summed E-state index contributed by atoms with van der Waals surface area (Å²) >= 11 is 0. The van der Waals surface area contributed by atoms with Crippen molar-refractivity contribution >= 4 is 17.8 Å². The lowest BCUT2D eigenvalue weighted by molar-refractivity contribution is 0.0948. The van der Waals surface area contributed by atoms with Crippen molar-refractivity contribution in [2.75, 3.05) is 0 Å². The summed E-state index contributed by atoms with van der Waals surface area (Å²) in [5.41, 5.74) is 3.41. The van der Waals surface area contributed by atoms with Gasteiger partial charge in [-0.1, -0.05) is 12.1 Å². The lowest BCUT2D eigenvalue weighted by Crippen LogP contribution is -2.20. The summed E-state index contributed by atoms with van der Waals surface area (Å²) < 4.78 is 28.5. The van der Waals surface area contributed by atoms with E-state index >= 15 is 0 Å². The van der Waals surface area contributed by atoms with Crippen LogP contribution in [-0.4, -0.2) is 21.5 Å². The van der Waals surface area contributed by atoms with Crippen molar-refractivity contribution in [3.05, 3.63) is 71.2 Å². The number of carbonyl (C=O) groups is 1. The van der Waals surface area contributed by atoms with E-state index in [9.17, 15) is 13.6 Å². The number of hydrogen-bond donors (Lipinski definition) is 1. The Morgan fingerprint density at radius 2 is 1.96 bits per heavy atom. The Kier molecular flexibility index (Phi) is 3.84. The van der Waals surface area contributed by atoms with Gasteiger partial charge in [-0.15, -0.1) is 0 Å². The maximum absolute atomic E-state index is 13.5. The highest BCUT2D eigenvalue weighted by Crippen LogP contribution is 2.12. The first kappa shape index (κ1) is 14.8. The van der Waals surface area contributed by atoms with Gasteiger partial charge in [-0.25, -0.2) is 19.2 Å². The van der Waals surface area contributed by atoms with Crippen LogP contribution in [0.4, 0.5) is 8.78 Å². The number of rotatable bonds is 3. The van der Waals surface area contributed by atoms with Crippen molar-refractivity contribution in [1.29, 1.82) is 0 Å². The van der Waals surface area contributed by atoms with Crippen LogP contribution < -0.4 is 5.43 Å². The Hall–Kier alpha value is -3.09. The number of halogens is 2. The second kappa shape index (κ2) is 5.96. The molecule has 5 nitrogen and oxygen atoms in total. The monoisotopic (exact) mass is 314 g/mol. The smallest absolute Gasteiger partial charge is 0.290 e. The van der Waals surface area contributed by atoms with E-state index in [1.165, 1.54) is 6.07 Å². The van der Waals surface area contributed by atoms with Gasteiger partial charge < -0.3 is 0 Å². The van der Waals surface area contributed by atoms with E-state index in [0.717, 1.165) is 18.3 Å². The molecule has 2 aromatic heterocycles. The maximum Gasteiger partial charge on any atom is 0.290 e. The summed E-state index contributed by atoms with van der Waals surface area (Å²) in [5, 5.41) is 3.62. The summed E-state index contributed by atoms with van der Waals surface area (Å²) in [7, 11) is 0. The van der Waals surface area contributed by atoms with Gasteiger partial charge in [0, 0.05) is 6.20 Å². The van der Waals surface area contributed by atoms with Crippen molar-refractivity contribution in [2.45, 2.75) is 6.92 Å². The zero-order valence-corrected chi connectivity index (χ0v) is 12.1. The molecule has 1 amide bonds. The van der Waals surface area contributed by atoms with Crippen LogP contribution in [0.5, 0.6) is 0 Å². The largest absolute Gasteiger partial charge is 0.295 e. The first-order valence-electron chi connectivity index (χ1n) is 6.79. The second-order valence-corrected chi connectivity index (χ2v) is 4.81. The molecule has 0 fully saturated rings. The molecular weight excluding hydrogens is 302 g/mol. The van der Waals surface area contributed by atoms with E-state index in [4.69, 9.17) is 0 Å². The Morgan fingerprint density at radius 3 is 2.70 bits per heavy atom. The third-order valence-electron chi connectivity index (χ3n) is 3.28. The molecule has 7 heteroatoms. The summed E-state index contributed by atoms with van der Waals surface area (Å²) in [6, 6.07) is 8.82.